The van der Waals surface area contributed by atoms with E-state index in [1.165, 1.54) is 17.7 Å². The van der Waals surface area contributed by atoms with Crippen molar-refractivity contribution in [3.8, 4) is 5.75 Å². The Balaban J connectivity index is 3.05. The molecule has 0 aliphatic rings. The van der Waals surface area contributed by atoms with Gasteiger partial charge < -0.3 is 0 Å². The molecule has 0 amide bonds. The van der Waals surface area contributed by atoms with Gasteiger partial charge in [0.05, 0.1) is 0 Å². The van der Waals surface area contributed by atoms with Gasteiger partial charge >= 0.3 is 0 Å². The number of thioether (sulfide) groups is 1. The van der Waals surface area contributed by atoms with E-state index in [2.05, 4.69) is 46.8 Å². The summed E-state index contributed by atoms with van der Waals surface area (Å²) >= 11 is 1.88. The monoisotopic (exact) mass is 265 g/mol. The second-order valence-electron chi connectivity index (χ2n) is 5.44. The number of rotatable bonds is 6. The summed E-state index contributed by atoms with van der Waals surface area (Å²) in [5, 5.41) is 12.3. The van der Waals surface area contributed by atoms with E-state index in [1.54, 1.807) is 0 Å². The van der Waals surface area contributed by atoms with Crippen LogP contribution in [0.1, 0.15) is 70.4 Å². The molecule has 0 bridgehead atoms. The molecule has 0 saturated carbocycles. The van der Waals surface area contributed by atoms with Crippen molar-refractivity contribution in [2.45, 2.75) is 64.2 Å². The van der Waals surface area contributed by atoms with Crippen LogP contribution < -0.4 is 0 Å². The molecule has 1 radical (unpaired) electrons. The van der Waals surface area contributed by atoms with Gasteiger partial charge in [0.1, 0.15) is 0 Å². The van der Waals surface area contributed by atoms with Gasteiger partial charge in [-0.25, -0.2) is 0 Å². The zero-order chi connectivity index (χ0) is 13.7. The predicted molar refractivity (Wildman–Crippen MR) is 80.4 cm³/mol. The summed E-state index contributed by atoms with van der Waals surface area (Å²) < 4.78 is 0. The van der Waals surface area contributed by atoms with Crippen molar-refractivity contribution in [1.82, 2.24) is 0 Å². The molecule has 1 nitrogen and oxygen atoms in total. The molecular formula is C16H25OS. The van der Waals surface area contributed by atoms with Gasteiger partial charge in [-0.3, -0.25) is 5.11 Å². The zero-order valence-electron chi connectivity index (χ0n) is 12.2. The van der Waals surface area contributed by atoms with Crippen molar-refractivity contribution in [1.29, 1.82) is 0 Å². The molecule has 0 aliphatic carbocycles. The third-order valence-electron chi connectivity index (χ3n) is 3.13. The molecule has 0 saturated heterocycles. The summed E-state index contributed by atoms with van der Waals surface area (Å²) in [6.45, 7) is 10.6. The van der Waals surface area contributed by atoms with Crippen molar-refractivity contribution >= 4 is 11.8 Å². The minimum Gasteiger partial charge on any atom is -0.289 e. The lowest BCUT2D eigenvalue weighted by Gasteiger charge is -2.15. The first-order valence-electron chi connectivity index (χ1n) is 6.95. The first-order valence-corrected chi connectivity index (χ1v) is 7.93. The third-order valence-corrected chi connectivity index (χ3v) is 4.19. The van der Waals surface area contributed by atoms with E-state index in [0.717, 1.165) is 16.9 Å². The minimum atomic E-state index is 0.250. The van der Waals surface area contributed by atoms with Crippen molar-refractivity contribution in [2.75, 3.05) is 5.75 Å². The van der Waals surface area contributed by atoms with E-state index in [9.17, 15) is 5.11 Å². The van der Waals surface area contributed by atoms with Crippen molar-refractivity contribution in [3.63, 3.8) is 0 Å². The molecule has 18 heavy (non-hydrogen) atoms. The van der Waals surface area contributed by atoms with Crippen molar-refractivity contribution in [3.05, 3.63) is 23.3 Å². The molecule has 0 atom stereocenters. The minimum absolute atomic E-state index is 0.250. The van der Waals surface area contributed by atoms with Crippen LogP contribution in [0.15, 0.2) is 17.0 Å². The molecule has 0 aromatic heterocycles. The maximum atomic E-state index is 12.3. The molecule has 0 fully saturated rings. The Morgan fingerprint density at radius 1 is 1.06 bits per heavy atom. The maximum Gasteiger partial charge on any atom is 0.185 e. The molecule has 0 spiro atoms. The largest absolute Gasteiger partial charge is 0.289 e. The molecule has 0 aliphatic heterocycles. The fraction of sp³-hybridized carbons (Fsp3) is 0.625. The van der Waals surface area contributed by atoms with E-state index >= 15 is 0 Å². The summed E-state index contributed by atoms with van der Waals surface area (Å²) in [4.78, 5) is 1.26. The van der Waals surface area contributed by atoms with Gasteiger partial charge in [0.15, 0.2) is 5.75 Å². The number of unbranched alkanes of at least 4 members (excludes halogenated alkanes) is 1. The Hall–Kier alpha value is -0.630. The van der Waals surface area contributed by atoms with Crippen molar-refractivity contribution in [2.24, 2.45) is 0 Å². The Morgan fingerprint density at radius 2 is 1.56 bits per heavy atom. The third kappa shape index (κ3) is 3.94. The smallest absolute Gasteiger partial charge is 0.185 e. The van der Waals surface area contributed by atoms with Crippen molar-refractivity contribution < 1.29 is 5.11 Å². The van der Waals surface area contributed by atoms with E-state index < -0.39 is 0 Å². The van der Waals surface area contributed by atoms with Crippen LogP contribution in [0.3, 0.4) is 0 Å². The van der Waals surface area contributed by atoms with Crippen LogP contribution in [0.5, 0.6) is 5.75 Å². The van der Waals surface area contributed by atoms with E-state index in [4.69, 9.17) is 0 Å². The van der Waals surface area contributed by atoms with Crippen LogP contribution in [0.25, 0.3) is 0 Å². The van der Waals surface area contributed by atoms with Crippen LogP contribution >= 0.6 is 11.8 Å². The average Bonchev–Trinajstić information content (AvgIpc) is 2.30. The molecule has 0 heterocycles. The van der Waals surface area contributed by atoms with Crippen LogP contribution in [0, 0.1) is 0 Å². The number of hydrogen-bond donors (Lipinski definition) is 0. The van der Waals surface area contributed by atoms with Gasteiger partial charge in [0.25, 0.3) is 0 Å². The molecule has 0 unspecified atom stereocenters. The molecule has 1 rings (SSSR count). The van der Waals surface area contributed by atoms with E-state index in [0.29, 0.717) is 11.8 Å². The standard InChI is InChI=1S/C16H25OS/c1-6-7-8-18-13-9-14(11(2)3)16(17)15(10-13)12(4)5/h9-12H,6-8H2,1-5H3. The van der Waals surface area contributed by atoms with Gasteiger partial charge in [0.2, 0.25) is 0 Å². The Labute approximate surface area is 116 Å². The highest BCUT2D eigenvalue weighted by Gasteiger charge is 2.16. The summed E-state index contributed by atoms with van der Waals surface area (Å²) in [5.74, 6) is 2.01. The average molecular weight is 265 g/mol. The fourth-order valence-corrected chi connectivity index (χ4v) is 3.01. The van der Waals surface area contributed by atoms with Crippen LogP contribution in [0.4, 0.5) is 0 Å². The van der Waals surface area contributed by atoms with Crippen LogP contribution in [-0.2, 0) is 5.11 Å². The highest BCUT2D eigenvalue weighted by atomic mass is 32.2. The van der Waals surface area contributed by atoms with Gasteiger partial charge in [-0.15, -0.1) is 11.8 Å². The molecule has 101 valence electrons. The second-order valence-corrected chi connectivity index (χ2v) is 6.61. The van der Waals surface area contributed by atoms with Crippen LogP contribution in [-0.4, -0.2) is 5.75 Å². The Kier molecular flexibility index (Phi) is 6.07. The highest BCUT2D eigenvalue weighted by molar-refractivity contribution is 7.99. The number of benzene rings is 1. The normalized spacial score (nSPS) is 11.5. The maximum absolute atomic E-state index is 12.3. The quantitative estimate of drug-likeness (QED) is 0.458. The second kappa shape index (κ2) is 7.08. The predicted octanol–water partition coefficient (Wildman–Crippen LogP) is 5.97. The highest BCUT2D eigenvalue weighted by Crippen LogP contribution is 2.38. The molecule has 1 aromatic carbocycles. The first kappa shape index (κ1) is 15.4. The Bertz CT molecular complexity index is 354. The van der Waals surface area contributed by atoms with E-state index in [1.807, 2.05) is 11.8 Å². The zero-order valence-corrected chi connectivity index (χ0v) is 13.1. The van der Waals surface area contributed by atoms with Gasteiger partial charge in [-0.1, -0.05) is 41.0 Å². The summed E-state index contributed by atoms with van der Waals surface area (Å²) in [6, 6.07) is 4.19. The molecular weight excluding hydrogens is 240 g/mol. The summed E-state index contributed by atoms with van der Waals surface area (Å²) in [7, 11) is 0. The summed E-state index contributed by atoms with van der Waals surface area (Å²) in [5.41, 5.74) is 1.94. The van der Waals surface area contributed by atoms with Gasteiger partial charge in [-0.05, 0) is 36.1 Å². The molecule has 0 N–H and O–H groups in total. The van der Waals surface area contributed by atoms with Gasteiger partial charge in [0, 0.05) is 16.0 Å². The summed E-state index contributed by atoms with van der Waals surface area (Å²) in [6.07, 6.45) is 2.46. The fourth-order valence-electron chi connectivity index (χ4n) is 1.92. The number of hydrogen-bond acceptors (Lipinski definition) is 1. The Morgan fingerprint density at radius 3 is 1.94 bits per heavy atom. The lowest BCUT2D eigenvalue weighted by atomic mass is 9.94. The molecule has 1 aromatic rings. The lowest BCUT2D eigenvalue weighted by Crippen LogP contribution is -1.96. The van der Waals surface area contributed by atoms with Crippen LogP contribution in [0.2, 0.25) is 0 Å². The van der Waals surface area contributed by atoms with Gasteiger partial charge in [-0.2, -0.15) is 0 Å². The topological polar surface area (TPSA) is 19.9 Å². The lowest BCUT2D eigenvalue weighted by molar-refractivity contribution is 0.341. The molecule has 2 heteroatoms. The SMILES string of the molecule is CCCCSc1cc(C(C)C)c([O])c(C(C)C)c1. The van der Waals surface area contributed by atoms with E-state index in [-0.39, 0.29) is 5.75 Å². The first-order chi connectivity index (χ1) is 8.47.